The Kier molecular flexibility index (Phi) is 4.84. The number of piperazine rings is 1. The van der Waals surface area contributed by atoms with Gasteiger partial charge in [-0.1, -0.05) is 0 Å². The summed E-state index contributed by atoms with van der Waals surface area (Å²) in [6.07, 6.45) is 0.163. The maximum Gasteiger partial charge on any atom is 0.305 e. The van der Waals surface area contributed by atoms with Gasteiger partial charge in [-0.3, -0.25) is 4.79 Å². The summed E-state index contributed by atoms with van der Waals surface area (Å²) in [5, 5.41) is 8.71. The van der Waals surface area contributed by atoms with Crippen molar-refractivity contribution < 1.29 is 9.90 Å². The van der Waals surface area contributed by atoms with Crippen LogP contribution in [0.25, 0.3) is 0 Å². The number of benzene rings is 1. The number of aliphatic carboxylic acids is 1. The van der Waals surface area contributed by atoms with Crippen molar-refractivity contribution in [3.05, 3.63) is 24.3 Å². The topological polar surface area (TPSA) is 47.0 Å². The molecule has 1 aliphatic heterocycles. The number of hydrogen-bond donors (Lipinski definition) is 1. The molecule has 0 bridgehead atoms. The molecule has 1 heterocycles. The van der Waals surface area contributed by atoms with Crippen LogP contribution in [0.5, 0.6) is 0 Å². The number of carboxylic acids is 1. The molecular formula is C15H23N3O2. The van der Waals surface area contributed by atoms with Crippen LogP contribution in [-0.2, 0) is 4.79 Å². The molecule has 0 amide bonds. The first kappa shape index (κ1) is 14.7. The van der Waals surface area contributed by atoms with Crippen LogP contribution in [0, 0.1) is 0 Å². The molecule has 2 rings (SSSR count). The minimum absolute atomic E-state index is 0.163. The highest BCUT2D eigenvalue weighted by Crippen LogP contribution is 2.21. The normalized spacial score (nSPS) is 16.2. The monoisotopic (exact) mass is 277 g/mol. The quantitative estimate of drug-likeness (QED) is 0.880. The van der Waals surface area contributed by atoms with Crippen LogP contribution in [0.2, 0.25) is 0 Å². The van der Waals surface area contributed by atoms with Gasteiger partial charge in [-0.15, -0.1) is 0 Å². The van der Waals surface area contributed by atoms with E-state index >= 15 is 0 Å². The average Bonchev–Trinajstić information content (AvgIpc) is 2.46. The largest absolute Gasteiger partial charge is 0.481 e. The van der Waals surface area contributed by atoms with Crippen LogP contribution < -0.4 is 9.80 Å². The zero-order valence-corrected chi connectivity index (χ0v) is 12.2. The first-order chi connectivity index (χ1) is 9.56. The maximum absolute atomic E-state index is 10.6. The molecule has 110 valence electrons. The second-order valence-corrected chi connectivity index (χ2v) is 5.37. The predicted molar refractivity (Wildman–Crippen MR) is 81.7 cm³/mol. The van der Waals surface area contributed by atoms with E-state index in [2.05, 4.69) is 41.1 Å². The summed E-state index contributed by atoms with van der Waals surface area (Å²) in [5.41, 5.74) is 2.30. The van der Waals surface area contributed by atoms with Gasteiger partial charge in [0.05, 0.1) is 6.42 Å². The fourth-order valence-corrected chi connectivity index (χ4v) is 2.38. The number of rotatable bonds is 5. The molecule has 20 heavy (non-hydrogen) atoms. The van der Waals surface area contributed by atoms with Gasteiger partial charge in [-0.05, 0) is 31.3 Å². The van der Waals surface area contributed by atoms with E-state index in [1.54, 1.807) is 0 Å². The minimum atomic E-state index is -0.758. The molecule has 1 aromatic rings. The Labute approximate surface area is 120 Å². The molecule has 1 fully saturated rings. The van der Waals surface area contributed by atoms with Gasteiger partial charge in [-0.2, -0.15) is 0 Å². The van der Waals surface area contributed by atoms with E-state index in [0.29, 0.717) is 6.54 Å². The third-order valence-corrected chi connectivity index (χ3v) is 3.82. The first-order valence-corrected chi connectivity index (χ1v) is 7.03. The molecule has 0 aliphatic carbocycles. The van der Waals surface area contributed by atoms with E-state index in [0.717, 1.165) is 31.9 Å². The third kappa shape index (κ3) is 3.87. The molecule has 5 heteroatoms. The van der Waals surface area contributed by atoms with Gasteiger partial charge in [0.1, 0.15) is 0 Å². The van der Waals surface area contributed by atoms with Crippen LogP contribution in [0.15, 0.2) is 24.3 Å². The summed E-state index contributed by atoms with van der Waals surface area (Å²) in [4.78, 5) is 17.3. The minimum Gasteiger partial charge on any atom is -0.481 e. The second kappa shape index (κ2) is 6.61. The maximum atomic E-state index is 10.6. The van der Waals surface area contributed by atoms with E-state index < -0.39 is 5.97 Å². The SMILES string of the molecule is CN1CCN(c2ccc(N(C)CCC(=O)O)cc2)CC1. The fourth-order valence-electron chi connectivity index (χ4n) is 2.38. The van der Waals surface area contributed by atoms with Gasteiger partial charge < -0.3 is 19.8 Å². The lowest BCUT2D eigenvalue weighted by atomic mass is 10.2. The zero-order valence-electron chi connectivity index (χ0n) is 12.2. The number of hydrogen-bond acceptors (Lipinski definition) is 4. The summed E-state index contributed by atoms with van der Waals surface area (Å²) < 4.78 is 0. The van der Waals surface area contributed by atoms with E-state index in [-0.39, 0.29) is 6.42 Å². The average molecular weight is 277 g/mol. The lowest BCUT2D eigenvalue weighted by molar-refractivity contribution is -0.136. The molecular weight excluding hydrogens is 254 g/mol. The van der Waals surface area contributed by atoms with E-state index in [1.165, 1.54) is 5.69 Å². The highest BCUT2D eigenvalue weighted by molar-refractivity contribution is 5.67. The molecule has 5 nitrogen and oxygen atoms in total. The predicted octanol–water partition coefficient (Wildman–Crippen LogP) is 1.35. The molecule has 1 saturated heterocycles. The summed E-state index contributed by atoms with van der Waals surface area (Å²) in [5.74, 6) is -0.758. The fraction of sp³-hybridized carbons (Fsp3) is 0.533. The first-order valence-electron chi connectivity index (χ1n) is 7.03. The van der Waals surface area contributed by atoms with Crippen molar-refractivity contribution >= 4 is 17.3 Å². The molecule has 0 aromatic heterocycles. The Morgan fingerprint density at radius 3 is 2.35 bits per heavy atom. The standard InChI is InChI=1S/C15H23N3O2/c1-16-9-11-18(12-10-16)14-5-3-13(4-6-14)17(2)8-7-15(19)20/h3-6H,7-12H2,1-2H3,(H,19,20). The van der Waals surface area contributed by atoms with Crippen LogP contribution in [-0.4, -0.2) is 62.8 Å². The van der Waals surface area contributed by atoms with Crippen molar-refractivity contribution in [2.45, 2.75) is 6.42 Å². The van der Waals surface area contributed by atoms with Crippen molar-refractivity contribution in [3.8, 4) is 0 Å². The van der Waals surface area contributed by atoms with Gasteiger partial charge in [0.15, 0.2) is 0 Å². The molecule has 0 radical (unpaired) electrons. The van der Waals surface area contributed by atoms with Crippen molar-refractivity contribution in [1.82, 2.24) is 4.90 Å². The highest BCUT2D eigenvalue weighted by atomic mass is 16.4. The molecule has 1 aromatic carbocycles. The van der Waals surface area contributed by atoms with Gasteiger partial charge in [-0.25, -0.2) is 0 Å². The van der Waals surface area contributed by atoms with Gasteiger partial charge >= 0.3 is 5.97 Å². The number of anilines is 2. The van der Waals surface area contributed by atoms with Crippen molar-refractivity contribution in [2.24, 2.45) is 0 Å². The summed E-state index contributed by atoms with van der Waals surface area (Å²) >= 11 is 0. The van der Waals surface area contributed by atoms with Gasteiger partial charge in [0.2, 0.25) is 0 Å². The Morgan fingerprint density at radius 1 is 1.20 bits per heavy atom. The molecule has 1 N–H and O–H groups in total. The lowest BCUT2D eigenvalue weighted by Crippen LogP contribution is -2.44. The van der Waals surface area contributed by atoms with Crippen LogP contribution in [0.3, 0.4) is 0 Å². The molecule has 0 saturated carbocycles. The second-order valence-electron chi connectivity index (χ2n) is 5.37. The summed E-state index contributed by atoms with van der Waals surface area (Å²) in [6, 6.07) is 8.38. The van der Waals surface area contributed by atoms with Crippen LogP contribution in [0.1, 0.15) is 6.42 Å². The Bertz CT molecular complexity index is 439. The van der Waals surface area contributed by atoms with Crippen LogP contribution in [0.4, 0.5) is 11.4 Å². The van der Waals surface area contributed by atoms with Crippen molar-refractivity contribution in [2.75, 3.05) is 56.6 Å². The van der Waals surface area contributed by atoms with E-state index in [4.69, 9.17) is 5.11 Å². The summed E-state index contributed by atoms with van der Waals surface area (Å²) in [6.45, 7) is 4.85. The molecule has 0 spiro atoms. The van der Waals surface area contributed by atoms with Crippen molar-refractivity contribution in [1.29, 1.82) is 0 Å². The number of carbonyl (C=O) groups is 1. The van der Waals surface area contributed by atoms with E-state index in [9.17, 15) is 4.79 Å². The van der Waals surface area contributed by atoms with E-state index in [1.807, 2.05) is 11.9 Å². The number of carboxylic acid groups (broad SMARTS) is 1. The molecule has 0 unspecified atom stereocenters. The Balaban J connectivity index is 1.93. The van der Waals surface area contributed by atoms with Gasteiger partial charge in [0.25, 0.3) is 0 Å². The number of likely N-dealkylation sites (N-methyl/N-ethyl adjacent to an activating group) is 1. The Morgan fingerprint density at radius 2 is 1.80 bits per heavy atom. The zero-order chi connectivity index (χ0) is 14.5. The van der Waals surface area contributed by atoms with Crippen molar-refractivity contribution in [3.63, 3.8) is 0 Å². The van der Waals surface area contributed by atoms with Gasteiger partial charge in [0, 0.05) is 51.1 Å². The summed E-state index contributed by atoms with van der Waals surface area (Å²) in [7, 11) is 4.08. The lowest BCUT2D eigenvalue weighted by Gasteiger charge is -2.34. The number of nitrogens with zero attached hydrogens (tertiary/aromatic N) is 3. The smallest absolute Gasteiger partial charge is 0.305 e. The molecule has 1 aliphatic rings. The highest BCUT2D eigenvalue weighted by Gasteiger charge is 2.14. The molecule has 0 atom stereocenters. The Hall–Kier alpha value is -1.75. The third-order valence-electron chi connectivity index (χ3n) is 3.82. The van der Waals surface area contributed by atoms with Crippen LogP contribution >= 0.6 is 0 Å².